The van der Waals surface area contributed by atoms with Gasteiger partial charge in [-0.05, 0) is 12.8 Å². The SMILES string of the molecule is CCCOCCOCCCC(=O)CN(CCN(CCN(CC(=O)O)CC(=O)O)CC(=O)O)CC(=O)O. The monoisotopic (exact) mass is 521 g/mol. The van der Waals surface area contributed by atoms with E-state index in [0.717, 1.165) is 11.3 Å². The van der Waals surface area contributed by atoms with Crippen molar-refractivity contribution in [3.05, 3.63) is 0 Å². The number of carboxylic acid groups (broad SMARTS) is 4. The van der Waals surface area contributed by atoms with Crippen LogP contribution >= 0.6 is 0 Å². The molecule has 0 rings (SSSR count). The molecule has 4 N–H and O–H groups in total. The van der Waals surface area contributed by atoms with Gasteiger partial charge in [0.05, 0.1) is 45.9 Å². The van der Waals surface area contributed by atoms with Crippen LogP contribution in [-0.2, 0) is 33.4 Å². The van der Waals surface area contributed by atoms with Gasteiger partial charge in [-0.2, -0.15) is 0 Å². The van der Waals surface area contributed by atoms with E-state index in [1.165, 1.54) is 9.80 Å². The summed E-state index contributed by atoms with van der Waals surface area (Å²) in [5.41, 5.74) is 0. The molecule has 0 unspecified atom stereocenters. The molecule has 208 valence electrons. The molecule has 0 atom stereocenters. The minimum Gasteiger partial charge on any atom is -0.480 e. The fourth-order valence-corrected chi connectivity index (χ4v) is 3.19. The molecule has 0 aromatic carbocycles. The Morgan fingerprint density at radius 3 is 1.39 bits per heavy atom. The molecule has 0 aliphatic rings. The van der Waals surface area contributed by atoms with Gasteiger partial charge in [-0.15, -0.1) is 0 Å². The molecule has 14 heteroatoms. The molecule has 0 saturated carbocycles. The maximum Gasteiger partial charge on any atom is 0.317 e. The average molecular weight is 522 g/mol. The van der Waals surface area contributed by atoms with E-state index < -0.39 is 50.1 Å². The van der Waals surface area contributed by atoms with Crippen LogP contribution in [0, 0.1) is 0 Å². The van der Waals surface area contributed by atoms with Crippen LogP contribution in [0.4, 0.5) is 0 Å². The minimum absolute atomic E-state index is 0.0206. The van der Waals surface area contributed by atoms with Crippen molar-refractivity contribution in [3.63, 3.8) is 0 Å². The highest BCUT2D eigenvalue weighted by Crippen LogP contribution is 2.00. The van der Waals surface area contributed by atoms with E-state index in [0.29, 0.717) is 32.8 Å². The van der Waals surface area contributed by atoms with Gasteiger partial charge in [0.15, 0.2) is 0 Å². The topological polar surface area (TPSA) is 194 Å². The maximum absolute atomic E-state index is 12.3. The average Bonchev–Trinajstić information content (AvgIpc) is 2.75. The number of aliphatic carboxylic acids is 4. The molecular formula is C22H39N3O11. The van der Waals surface area contributed by atoms with E-state index in [-0.39, 0.29) is 44.9 Å². The molecule has 0 radical (unpaired) electrons. The first-order valence-electron chi connectivity index (χ1n) is 11.7. The number of ketones is 1. The second kappa shape index (κ2) is 20.5. The van der Waals surface area contributed by atoms with Crippen LogP contribution in [0.15, 0.2) is 0 Å². The third-order valence-corrected chi connectivity index (χ3v) is 4.77. The standard InChI is InChI=1S/C22H39N3O11/c1-2-9-35-11-12-36-10-3-4-18(26)13-24(15-20(29)30)7-5-23(14-19(27)28)6-8-25(16-21(31)32)17-22(33)34/h2-17H2,1H3,(H,27,28)(H,29,30)(H,31,32)(H,33,34). The number of ether oxygens (including phenoxy) is 2. The lowest BCUT2D eigenvalue weighted by Gasteiger charge is -2.27. The number of nitrogens with zero attached hydrogens (tertiary/aromatic N) is 3. The minimum atomic E-state index is -1.22. The predicted octanol–water partition coefficient (Wildman–Crippen LogP) is -0.977. The summed E-state index contributed by atoms with van der Waals surface area (Å²) in [5, 5.41) is 36.2. The molecule has 0 spiro atoms. The Kier molecular flexibility index (Phi) is 19.0. The van der Waals surface area contributed by atoms with Gasteiger partial charge in [0, 0.05) is 45.8 Å². The summed E-state index contributed by atoms with van der Waals surface area (Å²) >= 11 is 0. The second-order valence-corrected chi connectivity index (χ2v) is 8.14. The molecule has 0 fully saturated rings. The van der Waals surface area contributed by atoms with Crippen molar-refractivity contribution in [1.82, 2.24) is 14.7 Å². The first kappa shape index (κ1) is 33.4. The van der Waals surface area contributed by atoms with E-state index in [1.54, 1.807) is 0 Å². The van der Waals surface area contributed by atoms with Gasteiger partial charge in [0.2, 0.25) is 0 Å². The molecule has 0 aromatic rings. The molecule has 36 heavy (non-hydrogen) atoms. The van der Waals surface area contributed by atoms with Crippen LogP contribution in [0.25, 0.3) is 0 Å². The Morgan fingerprint density at radius 1 is 0.556 bits per heavy atom. The van der Waals surface area contributed by atoms with Gasteiger partial charge in [0.25, 0.3) is 0 Å². The first-order valence-corrected chi connectivity index (χ1v) is 11.7. The Balaban J connectivity index is 4.71. The molecule has 0 aromatic heterocycles. The highest BCUT2D eigenvalue weighted by atomic mass is 16.5. The fraction of sp³-hybridized carbons (Fsp3) is 0.773. The molecule has 0 aliphatic carbocycles. The Morgan fingerprint density at radius 2 is 0.944 bits per heavy atom. The van der Waals surface area contributed by atoms with E-state index in [9.17, 15) is 34.2 Å². The van der Waals surface area contributed by atoms with Gasteiger partial charge in [-0.25, -0.2) is 0 Å². The summed E-state index contributed by atoms with van der Waals surface area (Å²) in [6, 6.07) is 0. The Labute approximate surface area is 210 Å². The number of hydrogen-bond acceptors (Lipinski definition) is 10. The van der Waals surface area contributed by atoms with Crippen LogP contribution in [0.5, 0.6) is 0 Å². The highest BCUT2D eigenvalue weighted by molar-refractivity contribution is 5.81. The summed E-state index contributed by atoms with van der Waals surface area (Å²) in [4.78, 5) is 60.7. The number of carboxylic acids is 4. The molecule has 14 nitrogen and oxygen atoms in total. The van der Waals surface area contributed by atoms with Crippen molar-refractivity contribution in [2.45, 2.75) is 26.2 Å². The zero-order valence-corrected chi connectivity index (χ0v) is 20.8. The van der Waals surface area contributed by atoms with Crippen molar-refractivity contribution in [2.24, 2.45) is 0 Å². The van der Waals surface area contributed by atoms with Gasteiger partial charge in [0.1, 0.15) is 5.78 Å². The molecule has 0 heterocycles. The van der Waals surface area contributed by atoms with Crippen LogP contribution in [0.3, 0.4) is 0 Å². The Bertz CT molecular complexity index is 674. The third-order valence-electron chi connectivity index (χ3n) is 4.77. The number of carbonyl (C=O) groups is 5. The lowest BCUT2D eigenvalue weighted by atomic mass is 10.2. The summed E-state index contributed by atoms with van der Waals surface area (Å²) in [6.45, 7) is 2.11. The van der Waals surface area contributed by atoms with Crippen molar-refractivity contribution < 1.29 is 53.9 Å². The summed E-state index contributed by atoms with van der Waals surface area (Å²) in [6.07, 6.45) is 1.59. The zero-order valence-electron chi connectivity index (χ0n) is 20.8. The molecular weight excluding hydrogens is 482 g/mol. The fourth-order valence-electron chi connectivity index (χ4n) is 3.19. The van der Waals surface area contributed by atoms with Crippen molar-refractivity contribution in [3.8, 4) is 0 Å². The lowest BCUT2D eigenvalue weighted by Crippen LogP contribution is -2.45. The van der Waals surface area contributed by atoms with Crippen LogP contribution in [-0.4, -0.2) is 150 Å². The van der Waals surface area contributed by atoms with Gasteiger partial charge >= 0.3 is 23.9 Å². The Hall–Kier alpha value is -2.65. The van der Waals surface area contributed by atoms with E-state index >= 15 is 0 Å². The van der Waals surface area contributed by atoms with Gasteiger partial charge < -0.3 is 29.9 Å². The van der Waals surface area contributed by atoms with E-state index in [1.807, 2.05) is 6.92 Å². The molecule has 0 bridgehead atoms. The van der Waals surface area contributed by atoms with Gasteiger partial charge in [-0.1, -0.05) is 6.92 Å². The number of rotatable bonds is 25. The first-order chi connectivity index (χ1) is 17.0. The normalized spacial score (nSPS) is 11.3. The molecule has 0 amide bonds. The number of carbonyl (C=O) groups excluding carboxylic acids is 1. The summed E-state index contributed by atoms with van der Waals surface area (Å²) in [5.74, 6) is -4.91. The van der Waals surface area contributed by atoms with Gasteiger partial charge in [-0.3, -0.25) is 38.7 Å². The highest BCUT2D eigenvalue weighted by Gasteiger charge is 2.19. The lowest BCUT2D eigenvalue weighted by molar-refractivity contribution is -0.143. The smallest absolute Gasteiger partial charge is 0.317 e. The zero-order chi connectivity index (χ0) is 27.3. The van der Waals surface area contributed by atoms with Crippen molar-refractivity contribution in [2.75, 3.05) is 85.3 Å². The van der Waals surface area contributed by atoms with Crippen LogP contribution in [0.1, 0.15) is 26.2 Å². The quantitative estimate of drug-likeness (QED) is 0.107. The number of Topliss-reactive ketones (excluding diaryl/α,β-unsaturated/α-hetero) is 1. The van der Waals surface area contributed by atoms with Crippen molar-refractivity contribution >= 4 is 29.7 Å². The molecule has 0 aliphatic heterocycles. The largest absolute Gasteiger partial charge is 0.480 e. The maximum atomic E-state index is 12.3. The molecule has 0 saturated heterocycles. The van der Waals surface area contributed by atoms with Crippen LogP contribution in [0.2, 0.25) is 0 Å². The summed E-state index contributed by atoms with van der Waals surface area (Å²) < 4.78 is 10.7. The van der Waals surface area contributed by atoms with E-state index in [2.05, 4.69) is 0 Å². The van der Waals surface area contributed by atoms with Crippen molar-refractivity contribution in [1.29, 1.82) is 0 Å². The summed E-state index contributed by atoms with van der Waals surface area (Å²) in [7, 11) is 0. The number of hydrogen-bond donors (Lipinski definition) is 4. The predicted molar refractivity (Wildman–Crippen MR) is 126 cm³/mol. The van der Waals surface area contributed by atoms with Crippen LogP contribution < -0.4 is 0 Å². The van der Waals surface area contributed by atoms with E-state index in [4.69, 9.17) is 19.7 Å². The third kappa shape index (κ3) is 20.7. The second-order valence-electron chi connectivity index (χ2n) is 8.14.